The van der Waals surface area contributed by atoms with E-state index in [2.05, 4.69) is 15.3 Å². The molecule has 2 N–H and O–H groups in total. The number of carbonyl (C=O) groups excluding carboxylic acids is 2. The van der Waals surface area contributed by atoms with Crippen molar-refractivity contribution in [2.75, 3.05) is 46.4 Å². The highest BCUT2D eigenvalue weighted by Crippen LogP contribution is 2.50. The molecule has 0 aromatic carbocycles. The number of hydrogen-bond acceptors (Lipinski definition) is 5. The lowest BCUT2D eigenvalue weighted by Crippen LogP contribution is -2.59. The van der Waals surface area contributed by atoms with Crippen LogP contribution in [0.3, 0.4) is 0 Å². The number of aromatic amines is 1. The Bertz CT molecular complexity index is 744. The van der Waals surface area contributed by atoms with Crippen LogP contribution in [0.5, 0.6) is 0 Å². The van der Waals surface area contributed by atoms with Gasteiger partial charge < -0.3 is 24.8 Å². The normalized spacial score (nSPS) is 30.9. The highest BCUT2D eigenvalue weighted by molar-refractivity contribution is 5.83. The molecular formula is C19H27N5O3. The molecule has 1 saturated carbocycles. The quantitative estimate of drug-likeness (QED) is 0.761. The van der Waals surface area contributed by atoms with Crippen LogP contribution in [0.2, 0.25) is 0 Å². The number of hydrogen-bond donors (Lipinski definition) is 2. The van der Waals surface area contributed by atoms with Gasteiger partial charge in [-0.05, 0) is 37.8 Å². The van der Waals surface area contributed by atoms with E-state index in [0.29, 0.717) is 37.4 Å². The topological polar surface area (TPSA) is 90.6 Å². The van der Waals surface area contributed by atoms with E-state index in [9.17, 15) is 9.59 Å². The Labute approximate surface area is 158 Å². The van der Waals surface area contributed by atoms with Crippen molar-refractivity contribution in [3.05, 3.63) is 17.7 Å². The smallest absolute Gasteiger partial charge is 0.249 e. The number of methoxy groups -OCH3 is 1. The van der Waals surface area contributed by atoms with Crippen LogP contribution >= 0.6 is 0 Å². The second-order valence-corrected chi connectivity index (χ2v) is 8.33. The predicted octanol–water partition coefficient (Wildman–Crippen LogP) is -0.276. The molecule has 1 spiro atoms. The Morgan fingerprint density at radius 3 is 2.70 bits per heavy atom. The van der Waals surface area contributed by atoms with E-state index in [4.69, 9.17) is 4.74 Å². The van der Waals surface area contributed by atoms with Crippen LogP contribution in [0.1, 0.15) is 24.2 Å². The number of rotatable bonds is 3. The summed E-state index contributed by atoms with van der Waals surface area (Å²) in [6.07, 6.45) is 4.00. The molecule has 3 fully saturated rings. The zero-order chi connectivity index (χ0) is 18.6. The fourth-order valence-corrected chi connectivity index (χ4v) is 5.64. The third kappa shape index (κ3) is 2.53. The van der Waals surface area contributed by atoms with Crippen LogP contribution < -0.4 is 5.32 Å². The average Bonchev–Trinajstić information content (AvgIpc) is 3.06. The molecule has 27 heavy (non-hydrogen) atoms. The summed E-state index contributed by atoms with van der Waals surface area (Å²) in [7, 11) is 1.55. The zero-order valence-electron chi connectivity index (χ0n) is 15.7. The van der Waals surface area contributed by atoms with Crippen molar-refractivity contribution >= 4 is 11.8 Å². The molecule has 8 nitrogen and oxygen atoms in total. The maximum absolute atomic E-state index is 12.9. The van der Waals surface area contributed by atoms with Crippen molar-refractivity contribution in [1.29, 1.82) is 0 Å². The lowest BCUT2D eigenvalue weighted by molar-refractivity contribution is -0.148. The van der Waals surface area contributed by atoms with Gasteiger partial charge in [0.2, 0.25) is 11.8 Å². The lowest BCUT2D eigenvalue weighted by Gasteiger charge is -2.50. The molecule has 4 aliphatic rings. The minimum absolute atomic E-state index is 0.00808. The first kappa shape index (κ1) is 17.2. The third-order valence-electron chi connectivity index (χ3n) is 7.11. The van der Waals surface area contributed by atoms with Gasteiger partial charge >= 0.3 is 0 Å². The maximum atomic E-state index is 12.9. The maximum Gasteiger partial charge on any atom is 0.249 e. The molecule has 146 valence electrons. The van der Waals surface area contributed by atoms with E-state index in [1.54, 1.807) is 13.4 Å². The SMILES string of the molecule is COCC(=O)N1CCc2[nH]cnc2C12CCN(C(=O)C1[C@H]3CNC[C@@H]13)CC2. The first-order valence-corrected chi connectivity index (χ1v) is 9.97. The van der Waals surface area contributed by atoms with Crippen LogP contribution in [0.25, 0.3) is 0 Å². The molecule has 0 radical (unpaired) electrons. The van der Waals surface area contributed by atoms with Gasteiger partial charge in [0.15, 0.2) is 0 Å². The largest absolute Gasteiger partial charge is 0.375 e. The van der Waals surface area contributed by atoms with E-state index in [1.807, 2.05) is 9.80 Å². The molecule has 2 amide bonds. The number of nitrogens with zero attached hydrogens (tertiary/aromatic N) is 3. The lowest BCUT2D eigenvalue weighted by atomic mass is 9.78. The molecule has 3 atom stereocenters. The van der Waals surface area contributed by atoms with Crippen molar-refractivity contribution < 1.29 is 14.3 Å². The van der Waals surface area contributed by atoms with Gasteiger partial charge in [0.1, 0.15) is 6.61 Å². The number of ether oxygens (including phenoxy) is 1. The summed E-state index contributed by atoms with van der Waals surface area (Å²) in [5, 5.41) is 3.36. The molecule has 5 rings (SSSR count). The van der Waals surface area contributed by atoms with E-state index in [-0.39, 0.29) is 18.4 Å². The summed E-state index contributed by atoms with van der Waals surface area (Å²) < 4.78 is 5.11. The summed E-state index contributed by atoms with van der Waals surface area (Å²) in [5.74, 6) is 1.63. The molecule has 3 aliphatic heterocycles. The van der Waals surface area contributed by atoms with Gasteiger partial charge in [0.25, 0.3) is 0 Å². The minimum atomic E-state index is -0.416. The van der Waals surface area contributed by atoms with Gasteiger partial charge in [0.05, 0.1) is 17.6 Å². The molecule has 1 aromatic heterocycles. The summed E-state index contributed by atoms with van der Waals surface area (Å²) in [5.41, 5.74) is 1.69. The van der Waals surface area contributed by atoms with E-state index >= 15 is 0 Å². The summed E-state index contributed by atoms with van der Waals surface area (Å²) in [6, 6.07) is 0. The Morgan fingerprint density at radius 2 is 2.00 bits per heavy atom. The molecule has 1 unspecified atom stereocenters. The number of imidazole rings is 1. The highest BCUT2D eigenvalue weighted by atomic mass is 16.5. The Hall–Kier alpha value is -1.93. The van der Waals surface area contributed by atoms with Crippen LogP contribution in [0.15, 0.2) is 6.33 Å². The number of H-pyrrole nitrogens is 1. The number of piperidine rings is 2. The van der Waals surface area contributed by atoms with Crippen molar-refractivity contribution in [3.8, 4) is 0 Å². The van der Waals surface area contributed by atoms with Crippen LogP contribution in [-0.2, 0) is 26.3 Å². The standard InChI is InChI=1S/C19H27N5O3/c1-27-10-15(25)24-5-2-14-17(22-11-21-14)19(24)3-6-23(7-4-19)18(26)16-12-8-20-9-13(12)16/h11-13,16,20H,2-10H2,1H3,(H,21,22)/t12-,13+,16?. The first-order chi connectivity index (χ1) is 13.2. The molecule has 1 aromatic rings. The molecule has 4 heterocycles. The Balaban J connectivity index is 1.35. The minimum Gasteiger partial charge on any atom is -0.375 e. The number of amides is 2. The van der Waals surface area contributed by atoms with Crippen molar-refractivity contribution in [1.82, 2.24) is 25.1 Å². The fourth-order valence-electron chi connectivity index (χ4n) is 5.64. The number of likely N-dealkylation sites (tertiary alicyclic amines) is 1. The summed E-state index contributed by atoms with van der Waals surface area (Å²) >= 11 is 0. The monoisotopic (exact) mass is 373 g/mol. The summed E-state index contributed by atoms with van der Waals surface area (Å²) in [4.78, 5) is 37.5. The highest BCUT2D eigenvalue weighted by Gasteiger charge is 2.58. The van der Waals surface area contributed by atoms with E-state index in [0.717, 1.165) is 43.7 Å². The number of nitrogens with one attached hydrogen (secondary N) is 2. The van der Waals surface area contributed by atoms with Gasteiger partial charge in [-0.3, -0.25) is 9.59 Å². The second kappa shape index (κ2) is 6.31. The fraction of sp³-hybridized carbons (Fsp3) is 0.737. The average molecular weight is 373 g/mol. The molecular weight excluding hydrogens is 346 g/mol. The van der Waals surface area contributed by atoms with Gasteiger partial charge in [0, 0.05) is 44.8 Å². The van der Waals surface area contributed by atoms with Crippen LogP contribution in [0, 0.1) is 17.8 Å². The van der Waals surface area contributed by atoms with Gasteiger partial charge in [-0.2, -0.15) is 0 Å². The second-order valence-electron chi connectivity index (χ2n) is 8.33. The number of aromatic nitrogens is 2. The number of fused-ring (bicyclic) bond motifs is 3. The number of carbonyl (C=O) groups is 2. The Morgan fingerprint density at radius 1 is 1.26 bits per heavy atom. The van der Waals surface area contributed by atoms with Gasteiger partial charge in [-0.1, -0.05) is 0 Å². The van der Waals surface area contributed by atoms with Crippen LogP contribution in [0.4, 0.5) is 0 Å². The third-order valence-corrected chi connectivity index (χ3v) is 7.11. The van der Waals surface area contributed by atoms with Crippen molar-refractivity contribution in [3.63, 3.8) is 0 Å². The predicted molar refractivity (Wildman–Crippen MR) is 96.7 cm³/mol. The molecule has 2 saturated heterocycles. The van der Waals surface area contributed by atoms with Crippen molar-refractivity contribution in [2.45, 2.75) is 24.8 Å². The first-order valence-electron chi connectivity index (χ1n) is 9.97. The molecule has 1 aliphatic carbocycles. The van der Waals surface area contributed by atoms with Gasteiger partial charge in [-0.15, -0.1) is 0 Å². The molecule has 8 heteroatoms. The van der Waals surface area contributed by atoms with Gasteiger partial charge in [-0.25, -0.2) is 4.98 Å². The molecule has 0 bridgehead atoms. The van der Waals surface area contributed by atoms with E-state index in [1.165, 1.54) is 0 Å². The van der Waals surface area contributed by atoms with Crippen LogP contribution in [-0.4, -0.2) is 78.0 Å². The summed E-state index contributed by atoms with van der Waals surface area (Å²) in [6.45, 7) is 4.09. The zero-order valence-corrected chi connectivity index (χ0v) is 15.7. The van der Waals surface area contributed by atoms with E-state index < -0.39 is 5.54 Å². The Kier molecular flexibility index (Phi) is 4.01. The van der Waals surface area contributed by atoms with Crippen molar-refractivity contribution in [2.24, 2.45) is 17.8 Å².